The summed E-state index contributed by atoms with van der Waals surface area (Å²) in [5.41, 5.74) is -0.130. The van der Waals surface area contributed by atoms with Gasteiger partial charge in [0, 0.05) is 24.7 Å². The molecule has 19 heavy (non-hydrogen) atoms. The third-order valence-corrected chi connectivity index (χ3v) is 4.69. The van der Waals surface area contributed by atoms with Crippen LogP contribution < -0.4 is 10.0 Å². The first-order valence-electron chi connectivity index (χ1n) is 5.87. The third kappa shape index (κ3) is 3.09. The van der Waals surface area contributed by atoms with Crippen LogP contribution in [0.4, 0.5) is 5.69 Å². The normalized spacial score (nSPS) is 23.4. The monoisotopic (exact) mass is 285 g/mol. The Balaban J connectivity index is 2.17. The van der Waals surface area contributed by atoms with Crippen LogP contribution in [0.2, 0.25) is 0 Å². The first-order chi connectivity index (χ1) is 8.90. The molecule has 1 aliphatic rings. The average Bonchev–Trinajstić information content (AvgIpc) is 2.74. The van der Waals surface area contributed by atoms with Crippen molar-refractivity contribution in [3.8, 4) is 0 Å². The predicted molar refractivity (Wildman–Crippen MR) is 69.2 cm³/mol. The Morgan fingerprint density at radius 3 is 2.42 bits per heavy atom. The summed E-state index contributed by atoms with van der Waals surface area (Å²) in [7, 11) is -3.63. The number of nitrogens with one attached hydrogen (secondary N) is 2. The Bertz CT molecular complexity index is 570. The summed E-state index contributed by atoms with van der Waals surface area (Å²) in [4.78, 5) is 9.99. The molecule has 1 aromatic carbocycles. The van der Waals surface area contributed by atoms with E-state index in [-0.39, 0.29) is 22.5 Å². The van der Waals surface area contributed by atoms with E-state index in [0.29, 0.717) is 6.54 Å². The molecule has 0 spiro atoms. The molecule has 0 saturated carbocycles. The second kappa shape index (κ2) is 5.24. The van der Waals surface area contributed by atoms with Crippen molar-refractivity contribution in [1.82, 2.24) is 10.0 Å². The number of non-ortho nitro benzene ring substituents is 1. The molecule has 1 heterocycles. The highest BCUT2D eigenvalue weighted by Crippen LogP contribution is 2.17. The summed E-state index contributed by atoms with van der Waals surface area (Å²) >= 11 is 0. The van der Waals surface area contributed by atoms with Gasteiger partial charge in [-0.2, -0.15) is 0 Å². The zero-order valence-electron chi connectivity index (χ0n) is 10.4. The first-order valence-corrected chi connectivity index (χ1v) is 7.36. The summed E-state index contributed by atoms with van der Waals surface area (Å²) in [6, 6.07) is 4.71. The van der Waals surface area contributed by atoms with Crippen LogP contribution in [0.25, 0.3) is 0 Å². The highest BCUT2D eigenvalue weighted by molar-refractivity contribution is 7.89. The molecule has 0 unspecified atom stereocenters. The molecule has 2 rings (SSSR count). The van der Waals surface area contributed by atoms with Crippen molar-refractivity contribution in [3.05, 3.63) is 34.4 Å². The number of hydrogen-bond acceptors (Lipinski definition) is 5. The van der Waals surface area contributed by atoms with Crippen LogP contribution in [0.3, 0.4) is 0 Å². The first kappa shape index (κ1) is 13.9. The summed E-state index contributed by atoms with van der Waals surface area (Å²) < 4.78 is 26.8. The number of benzene rings is 1. The van der Waals surface area contributed by atoms with Crippen LogP contribution in [-0.4, -0.2) is 32.5 Å². The number of hydrogen-bond donors (Lipinski definition) is 2. The fraction of sp³-hybridized carbons (Fsp3) is 0.455. The second-order valence-corrected chi connectivity index (χ2v) is 6.33. The molecule has 1 saturated heterocycles. The Morgan fingerprint density at radius 1 is 1.32 bits per heavy atom. The van der Waals surface area contributed by atoms with Crippen molar-refractivity contribution in [2.24, 2.45) is 5.92 Å². The van der Waals surface area contributed by atoms with Gasteiger partial charge in [-0.25, -0.2) is 13.1 Å². The van der Waals surface area contributed by atoms with Crippen LogP contribution >= 0.6 is 0 Å². The molecule has 8 heteroatoms. The molecule has 1 aromatic rings. The van der Waals surface area contributed by atoms with E-state index in [9.17, 15) is 18.5 Å². The van der Waals surface area contributed by atoms with Crippen molar-refractivity contribution >= 4 is 15.7 Å². The maximum Gasteiger partial charge on any atom is 0.269 e. The van der Waals surface area contributed by atoms with Crippen LogP contribution in [0.1, 0.15) is 6.92 Å². The maximum absolute atomic E-state index is 12.1. The average molecular weight is 285 g/mol. The summed E-state index contributed by atoms with van der Waals surface area (Å²) in [6.45, 7) is 3.32. The molecule has 2 atom stereocenters. The van der Waals surface area contributed by atoms with Gasteiger partial charge < -0.3 is 5.32 Å². The Kier molecular flexibility index (Phi) is 3.83. The zero-order valence-corrected chi connectivity index (χ0v) is 11.2. The minimum absolute atomic E-state index is 0.0391. The van der Waals surface area contributed by atoms with Gasteiger partial charge in [0.05, 0.1) is 9.82 Å². The molecule has 1 fully saturated rings. The van der Waals surface area contributed by atoms with Gasteiger partial charge in [-0.15, -0.1) is 0 Å². The van der Waals surface area contributed by atoms with Crippen molar-refractivity contribution in [2.45, 2.75) is 17.9 Å². The van der Waals surface area contributed by atoms with Gasteiger partial charge in [0.1, 0.15) is 0 Å². The molecular weight excluding hydrogens is 270 g/mol. The quantitative estimate of drug-likeness (QED) is 0.619. The van der Waals surface area contributed by atoms with Crippen LogP contribution in [0, 0.1) is 16.0 Å². The minimum Gasteiger partial charge on any atom is -0.315 e. The van der Waals surface area contributed by atoms with E-state index >= 15 is 0 Å². The third-order valence-electron chi connectivity index (χ3n) is 3.18. The van der Waals surface area contributed by atoms with Gasteiger partial charge in [0.25, 0.3) is 5.69 Å². The molecule has 0 amide bonds. The van der Waals surface area contributed by atoms with Crippen molar-refractivity contribution in [2.75, 3.05) is 13.1 Å². The topological polar surface area (TPSA) is 101 Å². The molecular formula is C11H15N3O4S. The fourth-order valence-corrected chi connectivity index (χ4v) is 3.33. The van der Waals surface area contributed by atoms with E-state index in [4.69, 9.17) is 0 Å². The van der Waals surface area contributed by atoms with Gasteiger partial charge >= 0.3 is 0 Å². The predicted octanol–water partition coefficient (Wildman–Crippen LogP) is 0.481. The van der Waals surface area contributed by atoms with Crippen LogP contribution in [0.15, 0.2) is 29.2 Å². The lowest BCUT2D eigenvalue weighted by molar-refractivity contribution is -0.384. The largest absolute Gasteiger partial charge is 0.315 e. The van der Waals surface area contributed by atoms with Gasteiger partial charge in [-0.3, -0.25) is 10.1 Å². The van der Waals surface area contributed by atoms with Crippen LogP contribution in [-0.2, 0) is 10.0 Å². The lowest BCUT2D eigenvalue weighted by atomic mass is 10.1. The van der Waals surface area contributed by atoms with E-state index in [1.807, 2.05) is 6.92 Å². The van der Waals surface area contributed by atoms with E-state index in [0.717, 1.165) is 6.54 Å². The molecule has 0 bridgehead atoms. The van der Waals surface area contributed by atoms with Gasteiger partial charge in [-0.05, 0) is 24.6 Å². The van der Waals surface area contributed by atoms with Crippen molar-refractivity contribution in [1.29, 1.82) is 0 Å². The minimum atomic E-state index is -3.63. The van der Waals surface area contributed by atoms with E-state index in [2.05, 4.69) is 10.0 Å². The molecule has 0 aromatic heterocycles. The molecule has 1 aliphatic heterocycles. The summed E-state index contributed by atoms with van der Waals surface area (Å²) in [5, 5.41) is 13.6. The second-order valence-electron chi connectivity index (χ2n) is 4.61. The molecule has 0 aliphatic carbocycles. The molecule has 104 valence electrons. The highest BCUT2D eigenvalue weighted by atomic mass is 32.2. The SMILES string of the molecule is C[C@@H]1CNC[C@H]1NS(=O)(=O)c1ccc([N+](=O)[O-])cc1. The molecule has 7 nitrogen and oxygen atoms in total. The van der Waals surface area contributed by atoms with E-state index in [1.54, 1.807) is 0 Å². The van der Waals surface area contributed by atoms with E-state index in [1.165, 1.54) is 24.3 Å². The zero-order chi connectivity index (χ0) is 14.0. The molecule has 0 radical (unpaired) electrons. The lowest BCUT2D eigenvalue weighted by Gasteiger charge is -2.16. The number of nitro benzene ring substituents is 1. The maximum atomic E-state index is 12.1. The number of sulfonamides is 1. The Hall–Kier alpha value is -1.51. The van der Waals surface area contributed by atoms with Gasteiger partial charge in [0.15, 0.2) is 0 Å². The number of nitro groups is 1. The molecule has 2 N–H and O–H groups in total. The fourth-order valence-electron chi connectivity index (χ4n) is 1.98. The highest BCUT2D eigenvalue weighted by Gasteiger charge is 2.28. The summed E-state index contributed by atoms with van der Waals surface area (Å²) in [6.07, 6.45) is 0. The van der Waals surface area contributed by atoms with Crippen molar-refractivity contribution in [3.63, 3.8) is 0 Å². The summed E-state index contributed by atoms with van der Waals surface area (Å²) in [5.74, 6) is 0.216. The van der Waals surface area contributed by atoms with Gasteiger partial charge in [-0.1, -0.05) is 6.92 Å². The van der Waals surface area contributed by atoms with E-state index < -0.39 is 14.9 Å². The van der Waals surface area contributed by atoms with Crippen LogP contribution in [0.5, 0.6) is 0 Å². The standard InChI is InChI=1S/C11H15N3O4S/c1-8-6-12-7-11(8)13-19(17,18)10-4-2-9(3-5-10)14(15)16/h2-5,8,11-13H,6-7H2,1H3/t8-,11-/m1/s1. The Labute approximate surface area is 111 Å². The Morgan fingerprint density at radius 2 is 1.95 bits per heavy atom. The number of rotatable bonds is 4. The van der Waals surface area contributed by atoms with Gasteiger partial charge in [0.2, 0.25) is 10.0 Å². The number of nitrogens with zero attached hydrogens (tertiary/aromatic N) is 1. The van der Waals surface area contributed by atoms with Crippen molar-refractivity contribution < 1.29 is 13.3 Å². The lowest BCUT2D eigenvalue weighted by Crippen LogP contribution is -2.39. The smallest absolute Gasteiger partial charge is 0.269 e.